The summed E-state index contributed by atoms with van der Waals surface area (Å²) in [7, 11) is 0. The van der Waals surface area contributed by atoms with Gasteiger partial charge in [0.25, 0.3) is 0 Å². The Morgan fingerprint density at radius 2 is 1.77 bits per heavy atom. The Balaban J connectivity index is 1.38. The molecule has 1 aromatic carbocycles. The maximum absolute atomic E-state index is 12.5. The molecule has 0 heterocycles. The summed E-state index contributed by atoms with van der Waals surface area (Å²) in [6.07, 6.45) is 4.35. The highest BCUT2D eigenvalue weighted by molar-refractivity contribution is 6.51. The van der Waals surface area contributed by atoms with Gasteiger partial charge in [0.2, 0.25) is 5.91 Å². The molecule has 4 rings (SSSR count). The zero-order valence-corrected chi connectivity index (χ0v) is 14.2. The van der Waals surface area contributed by atoms with Crippen molar-refractivity contribution in [3.05, 3.63) is 29.8 Å². The van der Waals surface area contributed by atoms with Gasteiger partial charge in [-0.25, -0.2) is 0 Å². The molecule has 0 aliphatic heterocycles. The fourth-order valence-electron chi connectivity index (χ4n) is 4.56. The van der Waals surface area contributed by atoms with E-state index in [0.29, 0.717) is 23.7 Å². The number of hydrogen-bond acceptors (Lipinski definition) is 1. The number of anilines is 1. The van der Waals surface area contributed by atoms with E-state index < -0.39 is 4.33 Å². The highest BCUT2D eigenvalue weighted by Crippen LogP contribution is 2.67. The third-order valence-electron chi connectivity index (χ3n) is 5.91. The predicted octanol–water partition coefficient (Wildman–Crippen LogP) is 4.79. The average Bonchev–Trinajstić information content (AvgIpc) is 3.23. The Morgan fingerprint density at radius 3 is 2.36 bits per heavy atom. The average molecular weight is 338 g/mol. The van der Waals surface area contributed by atoms with Crippen LogP contribution in [0.2, 0.25) is 0 Å². The van der Waals surface area contributed by atoms with Crippen LogP contribution in [0.5, 0.6) is 0 Å². The predicted molar refractivity (Wildman–Crippen MR) is 90.2 cm³/mol. The summed E-state index contributed by atoms with van der Waals surface area (Å²) in [6, 6.07) is 8.00. The number of alkyl halides is 2. The molecule has 1 amide bonds. The first kappa shape index (κ1) is 14.8. The Morgan fingerprint density at radius 1 is 1.14 bits per heavy atom. The molecule has 3 saturated carbocycles. The molecular weight excluding hydrogens is 317 g/mol. The van der Waals surface area contributed by atoms with Crippen LogP contribution in [0.25, 0.3) is 0 Å². The molecule has 22 heavy (non-hydrogen) atoms. The first-order chi connectivity index (χ1) is 10.5. The third kappa shape index (κ3) is 2.45. The maximum Gasteiger partial charge on any atom is 0.228 e. The van der Waals surface area contributed by atoms with Crippen LogP contribution in [-0.4, -0.2) is 10.2 Å². The van der Waals surface area contributed by atoms with Gasteiger partial charge in [0, 0.05) is 11.6 Å². The monoisotopic (exact) mass is 337 g/mol. The van der Waals surface area contributed by atoms with Crippen LogP contribution in [0.1, 0.15) is 31.2 Å². The summed E-state index contributed by atoms with van der Waals surface area (Å²) >= 11 is 12.7. The Bertz CT molecular complexity index is 593. The minimum absolute atomic E-state index is 0.193. The zero-order valence-electron chi connectivity index (χ0n) is 12.7. The van der Waals surface area contributed by atoms with Crippen LogP contribution < -0.4 is 5.32 Å². The van der Waals surface area contributed by atoms with Crippen LogP contribution in [0.3, 0.4) is 0 Å². The van der Waals surface area contributed by atoms with Crippen LogP contribution in [0.15, 0.2) is 24.3 Å². The molecular formula is C18H21Cl2NO. The van der Waals surface area contributed by atoms with Gasteiger partial charge in [0.15, 0.2) is 0 Å². The number of carbonyl (C=O) groups is 1. The third-order valence-corrected chi connectivity index (χ3v) is 7.03. The number of nitrogens with one attached hydrogen (secondary N) is 1. The van der Waals surface area contributed by atoms with Crippen LogP contribution >= 0.6 is 23.2 Å². The molecule has 5 atom stereocenters. The molecule has 3 fully saturated rings. The number of hydrogen-bond donors (Lipinski definition) is 1. The smallest absolute Gasteiger partial charge is 0.228 e. The number of fused-ring (bicyclic) bond motifs is 2. The van der Waals surface area contributed by atoms with Gasteiger partial charge in [-0.3, -0.25) is 4.79 Å². The van der Waals surface area contributed by atoms with Crippen molar-refractivity contribution >= 4 is 34.8 Å². The standard InChI is InChI=1S/C18H21Cl2NO/c1-10-3-2-4-11(9-10)21-17(22)16-12-5-7-14-15(18(14,19)20)8-6-13(12)16/h2-4,9,12-16H,5-8H2,1H3,(H,21,22)/t12-,13+,14+,15-,16?. The number of benzene rings is 1. The highest BCUT2D eigenvalue weighted by atomic mass is 35.5. The topological polar surface area (TPSA) is 29.1 Å². The lowest BCUT2D eigenvalue weighted by Crippen LogP contribution is -2.15. The zero-order chi connectivity index (χ0) is 15.5. The van der Waals surface area contributed by atoms with Crippen LogP contribution in [0.4, 0.5) is 5.69 Å². The molecule has 0 saturated heterocycles. The number of carbonyl (C=O) groups excluding carboxylic acids is 1. The second-order valence-electron chi connectivity index (χ2n) is 7.25. The Labute approximate surface area is 141 Å². The van der Waals surface area contributed by atoms with Crippen molar-refractivity contribution in [2.75, 3.05) is 5.32 Å². The van der Waals surface area contributed by atoms with Gasteiger partial charge in [0.1, 0.15) is 4.33 Å². The second kappa shape index (κ2) is 5.14. The van der Waals surface area contributed by atoms with Gasteiger partial charge in [-0.1, -0.05) is 12.1 Å². The number of amides is 1. The fourth-order valence-corrected chi connectivity index (χ4v) is 5.48. The van der Waals surface area contributed by atoms with E-state index in [1.165, 1.54) is 5.56 Å². The van der Waals surface area contributed by atoms with Crippen molar-refractivity contribution in [2.24, 2.45) is 29.6 Å². The minimum Gasteiger partial charge on any atom is -0.326 e. The van der Waals surface area contributed by atoms with Crippen LogP contribution in [-0.2, 0) is 4.79 Å². The van der Waals surface area contributed by atoms with Gasteiger partial charge < -0.3 is 5.32 Å². The van der Waals surface area contributed by atoms with Gasteiger partial charge in [-0.2, -0.15) is 0 Å². The first-order valence-electron chi connectivity index (χ1n) is 8.24. The number of rotatable bonds is 2. The maximum atomic E-state index is 12.5. The van der Waals surface area contributed by atoms with E-state index in [9.17, 15) is 4.79 Å². The van der Waals surface area contributed by atoms with E-state index >= 15 is 0 Å². The molecule has 3 aliphatic rings. The lowest BCUT2D eigenvalue weighted by atomic mass is 10.0. The lowest BCUT2D eigenvalue weighted by molar-refractivity contribution is -0.117. The van der Waals surface area contributed by atoms with E-state index in [-0.39, 0.29) is 11.8 Å². The molecule has 0 bridgehead atoms. The van der Waals surface area contributed by atoms with Crippen molar-refractivity contribution in [1.82, 2.24) is 0 Å². The molecule has 3 aliphatic carbocycles. The molecule has 1 unspecified atom stereocenters. The van der Waals surface area contributed by atoms with Gasteiger partial charge in [-0.15, -0.1) is 23.2 Å². The molecule has 1 aromatic rings. The molecule has 1 N–H and O–H groups in total. The van der Waals surface area contributed by atoms with Gasteiger partial charge >= 0.3 is 0 Å². The SMILES string of the molecule is Cc1cccc(NC(=O)C2[C@H]3CC[C@@H]4[C@H](CC[C@@H]23)C4(Cl)Cl)c1. The van der Waals surface area contributed by atoms with E-state index in [1.807, 2.05) is 31.2 Å². The lowest BCUT2D eigenvalue weighted by Gasteiger charge is -2.06. The van der Waals surface area contributed by atoms with Crippen molar-refractivity contribution in [2.45, 2.75) is 36.9 Å². The highest BCUT2D eigenvalue weighted by Gasteiger charge is 2.65. The summed E-state index contributed by atoms with van der Waals surface area (Å²) in [5.41, 5.74) is 2.08. The van der Waals surface area contributed by atoms with Crippen molar-refractivity contribution < 1.29 is 4.79 Å². The van der Waals surface area contributed by atoms with Crippen molar-refractivity contribution in [3.8, 4) is 0 Å². The molecule has 0 radical (unpaired) electrons. The van der Waals surface area contributed by atoms with E-state index in [4.69, 9.17) is 23.2 Å². The fraction of sp³-hybridized carbons (Fsp3) is 0.611. The largest absolute Gasteiger partial charge is 0.326 e. The normalized spacial score (nSPS) is 38.0. The minimum atomic E-state index is -0.476. The van der Waals surface area contributed by atoms with E-state index in [0.717, 1.165) is 31.4 Å². The quantitative estimate of drug-likeness (QED) is 0.772. The van der Waals surface area contributed by atoms with E-state index in [2.05, 4.69) is 5.32 Å². The van der Waals surface area contributed by atoms with Gasteiger partial charge in [-0.05, 0) is 74.0 Å². The molecule has 4 heteroatoms. The Hall–Kier alpha value is -0.730. The van der Waals surface area contributed by atoms with Crippen molar-refractivity contribution in [3.63, 3.8) is 0 Å². The van der Waals surface area contributed by atoms with E-state index in [1.54, 1.807) is 0 Å². The van der Waals surface area contributed by atoms with Crippen LogP contribution in [0, 0.1) is 36.5 Å². The summed E-state index contributed by atoms with van der Waals surface area (Å²) in [5.74, 6) is 2.37. The summed E-state index contributed by atoms with van der Waals surface area (Å²) in [4.78, 5) is 12.5. The molecule has 2 nitrogen and oxygen atoms in total. The Kier molecular flexibility index (Phi) is 3.47. The van der Waals surface area contributed by atoms with Crippen molar-refractivity contribution in [1.29, 1.82) is 0 Å². The summed E-state index contributed by atoms with van der Waals surface area (Å²) < 4.78 is -0.476. The number of aryl methyl sites for hydroxylation is 1. The summed E-state index contributed by atoms with van der Waals surface area (Å²) in [5, 5.41) is 3.09. The van der Waals surface area contributed by atoms with Gasteiger partial charge in [0.05, 0.1) is 0 Å². The second-order valence-corrected chi connectivity index (χ2v) is 8.70. The first-order valence-corrected chi connectivity index (χ1v) is 8.99. The molecule has 0 aromatic heterocycles. The molecule has 118 valence electrons. The number of halogens is 2. The summed E-state index contributed by atoms with van der Waals surface area (Å²) in [6.45, 7) is 2.04. The molecule has 0 spiro atoms.